The van der Waals surface area contributed by atoms with E-state index < -0.39 is 31.0 Å². The fourth-order valence-corrected chi connectivity index (χ4v) is 7.77. The van der Waals surface area contributed by atoms with E-state index in [4.69, 9.17) is 9.47 Å². The van der Waals surface area contributed by atoms with Crippen LogP contribution in [0.1, 0.15) is 20.3 Å². The summed E-state index contributed by atoms with van der Waals surface area (Å²) in [7, 11) is -4.37. The Morgan fingerprint density at radius 1 is 1.15 bits per heavy atom. The molecule has 0 unspecified atom stereocenters. The Labute approximate surface area is 155 Å². The highest BCUT2D eigenvalue weighted by Gasteiger charge is 2.45. The van der Waals surface area contributed by atoms with E-state index in [1.807, 2.05) is 0 Å². The summed E-state index contributed by atoms with van der Waals surface area (Å²) in [6, 6.07) is 3.70. The van der Waals surface area contributed by atoms with E-state index >= 15 is 0 Å². The van der Waals surface area contributed by atoms with Gasteiger partial charge >= 0.3 is 0 Å². The van der Waals surface area contributed by atoms with Crippen molar-refractivity contribution >= 4 is 19.7 Å². The number of hydrogen-bond donors (Lipinski definition) is 1. The summed E-state index contributed by atoms with van der Waals surface area (Å²) in [5.74, 6) is 0.614. The molecule has 2 atom stereocenters. The summed E-state index contributed by atoms with van der Waals surface area (Å²) in [6.45, 7) is 4.70. The molecule has 1 aromatic rings. The van der Waals surface area contributed by atoms with Crippen LogP contribution in [0.15, 0.2) is 23.1 Å². The van der Waals surface area contributed by atoms with Crippen molar-refractivity contribution in [3.05, 3.63) is 18.2 Å². The zero-order chi connectivity index (χ0) is 19.5. The molecule has 1 aliphatic rings. The highest BCUT2D eigenvalue weighted by atomic mass is 32.2. The molecule has 148 valence electrons. The van der Waals surface area contributed by atoms with Crippen LogP contribution in [-0.2, 0) is 19.7 Å². The highest BCUT2D eigenvalue weighted by molar-refractivity contribution is 7.96. The lowest BCUT2D eigenvalue weighted by Gasteiger charge is -2.21. The molecular formula is C17H27NO6S2. The summed E-state index contributed by atoms with van der Waals surface area (Å²) < 4.78 is 60.7. The Hall–Kier alpha value is -1.32. The Morgan fingerprint density at radius 3 is 2.38 bits per heavy atom. The molecule has 1 N–H and O–H groups in total. The molecule has 7 nitrogen and oxygen atoms in total. The lowest BCUT2D eigenvalue weighted by molar-refractivity contribution is 0.354. The van der Waals surface area contributed by atoms with Gasteiger partial charge in [0.25, 0.3) is 0 Å². The fourth-order valence-electron chi connectivity index (χ4n) is 3.04. The molecule has 2 rings (SSSR count). The van der Waals surface area contributed by atoms with E-state index in [0.29, 0.717) is 24.0 Å². The molecule has 1 aromatic carbocycles. The Balaban J connectivity index is 2.32. The third kappa shape index (κ3) is 4.69. The second-order valence-electron chi connectivity index (χ2n) is 6.92. The second kappa shape index (κ2) is 8.14. The van der Waals surface area contributed by atoms with Crippen LogP contribution in [-0.4, -0.2) is 60.4 Å². The van der Waals surface area contributed by atoms with Gasteiger partial charge in [-0.1, -0.05) is 13.8 Å². The van der Waals surface area contributed by atoms with E-state index in [-0.39, 0.29) is 16.4 Å². The zero-order valence-electron chi connectivity index (χ0n) is 15.6. The van der Waals surface area contributed by atoms with Crippen molar-refractivity contribution in [2.45, 2.75) is 36.5 Å². The zero-order valence-corrected chi connectivity index (χ0v) is 17.2. The van der Waals surface area contributed by atoms with Crippen molar-refractivity contribution < 1.29 is 26.3 Å². The van der Waals surface area contributed by atoms with Gasteiger partial charge < -0.3 is 14.8 Å². The van der Waals surface area contributed by atoms with Gasteiger partial charge in [0.1, 0.15) is 0 Å². The monoisotopic (exact) mass is 405 g/mol. The van der Waals surface area contributed by atoms with E-state index in [0.717, 1.165) is 6.42 Å². The van der Waals surface area contributed by atoms with Crippen molar-refractivity contribution in [1.82, 2.24) is 5.32 Å². The molecule has 0 aromatic heterocycles. The molecule has 0 aliphatic carbocycles. The van der Waals surface area contributed by atoms with Crippen LogP contribution in [0, 0.1) is 5.92 Å². The molecule has 1 aliphatic heterocycles. The van der Waals surface area contributed by atoms with Crippen molar-refractivity contribution in [1.29, 1.82) is 0 Å². The predicted octanol–water partition coefficient (Wildman–Crippen LogP) is 1.28. The second-order valence-corrected chi connectivity index (χ2v) is 11.2. The van der Waals surface area contributed by atoms with Gasteiger partial charge in [-0.3, -0.25) is 0 Å². The quantitative estimate of drug-likeness (QED) is 0.695. The average Bonchev–Trinajstić information content (AvgIpc) is 2.89. The lowest BCUT2D eigenvalue weighted by atomic mass is 10.1. The van der Waals surface area contributed by atoms with E-state index in [2.05, 4.69) is 19.2 Å². The predicted molar refractivity (Wildman–Crippen MR) is 100 cm³/mol. The number of sulfone groups is 2. The van der Waals surface area contributed by atoms with Crippen LogP contribution in [0.25, 0.3) is 0 Å². The van der Waals surface area contributed by atoms with E-state index in [9.17, 15) is 16.8 Å². The first-order chi connectivity index (χ1) is 12.1. The van der Waals surface area contributed by atoms with Gasteiger partial charge in [0.05, 0.1) is 35.9 Å². The SMILES string of the molecule is COc1ccc(S(=O)(=O)[C@H]2CS(=O)(=O)C[C@@H]2NCCC(C)C)cc1OC. The van der Waals surface area contributed by atoms with Crippen molar-refractivity contribution in [3.63, 3.8) is 0 Å². The van der Waals surface area contributed by atoms with Crippen molar-refractivity contribution in [3.8, 4) is 11.5 Å². The number of methoxy groups -OCH3 is 2. The van der Waals surface area contributed by atoms with Gasteiger partial charge in [-0.2, -0.15) is 0 Å². The van der Waals surface area contributed by atoms with Crippen LogP contribution in [0.3, 0.4) is 0 Å². The van der Waals surface area contributed by atoms with Gasteiger partial charge in [0.15, 0.2) is 31.2 Å². The summed E-state index contributed by atoms with van der Waals surface area (Å²) in [6.07, 6.45) is 0.847. The molecule has 0 spiro atoms. The first-order valence-corrected chi connectivity index (χ1v) is 11.9. The lowest BCUT2D eigenvalue weighted by Crippen LogP contribution is -2.43. The van der Waals surface area contributed by atoms with Crippen LogP contribution in [0.2, 0.25) is 0 Å². The van der Waals surface area contributed by atoms with Crippen molar-refractivity contribution in [2.24, 2.45) is 5.92 Å². The molecule has 1 saturated heterocycles. The summed E-state index contributed by atoms with van der Waals surface area (Å²) in [4.78, 5) is 0.0351. The third-order valence-corrected chi connectivity index (χ3v) is 8.66. The first-order valence-electron chi connectivity index (χ1n) is 8.50. The van der Waals surface area contributed by atoms with Crippen LogP contribution >= 0.6 is 0 Å². The number of ether oxygens (including phenoxy) is 2. The molecule has 0 radical (unpaired) electrons. The van der Waals surface area contributed by atoms with Crippen LogP contribution in [0.4, 0.5) is 0 Å². The molecule has 0 bridgehead atoms. The molecule has 26 heavy (non-hydrogen) atoms. The van der Waals surface area contributed by atoms with E-state index in [1.54, 1.807) is 0 Å². The molecular weight excluding hydrogens is 378 g/mol. The Kier molecular flexibility index (Phi) is 6.57. The number of benzene rings is 1. The van der Waals surface area contributed by atoms with Gasteiger partial charge in [-0.25, -0.2) is 16.8 Å². The van der Waals surface area contributed by atoms with Crippen LogP contribution in [0.5, 0.6) is 11.5 Å². The maximum atomic E-state index is 13.1. The Bertz CT molecular complexity index is 833. The summed E-state index contributed by atoms with van der Waals surface area (Å²) >= 11 is 0. The smallest absolute Gasteiger partial charge is 0.183 e. The summed E-state index contributed by atoms with van der Waals surface area (Å²) in [5.41, 5.74) is 0. The minimum Gasteiger partial charge on any atom is -0.493 e. The maximum absolute atomic E-state index is 13.1. The number of hydrogen-bond acceptors (Lipinski definition) is 7. The van der Waals surface area contributed by atoms with Gasteiger partial charge in [0.2, 0.25) is 0 Å². The standard InChI is InChI=1S/C17H27NO6S2/c1-12(2)7-8-18-14-10-25(19,20)11-17(14)26(21,22)13-5-6-15(23-3)16(9-13)24-4/h5-6,9,12,14,17-18H,7-8,10-11H2,1-4H3/t14-,17-/m0/s1. The highest BCUT2D eigenvalue weighted by Crippen LogP contribution is 2.33. The minimum atomic E-state index is -3.84. The largest absolute Gasteiger partial charge is 0.493 e. The van der Waals surface area contributed by atoms with Crippen LogP contribution < -0.4 is 14.8 Å². The van der Waals surface area contributed by atoms with Gasteiger partial charge in [0, 0.05) is 12.1 Å². The molecule has 0 amide bonds. The third-order valence-electron chi connectivity index (χ3n) is 4.51. The molecule has 0 saturated carbocycles. The normalized spacial score (nSPS) is 22.5. The Morgan fingerprint density at radius 2 is 1.81 bits per heavy atom. The van der Waals surface area contributed by atoms with Gasteiger partial charge in [-0.15, -0.1) is 0 Å². The van der Waals surface area contributed by atoms with Gasteiger partial charge in [-0.05, 0) is 31.0 Å². The van der Waals surface area contributed by atoms with E-state index in [1.165, 1.54) is 32.4 Å². The minimum absolute atomic E-state index is 0.0351. The average molecular weight is 406 g/mol. The molecule has 9 heteroatoms. The number of rotatable bonds is 8. The topological polar surface area (TPSA) is 98.8 Å². The first kappa shape index (κ1) is 21.0. The molecule has 1 fully saturated rings. The van der Waals surface area contributed by atoms with Crippen molar-refractivity contribution in [2.75, 3.05) is 32.3 Å². The fraction of sp³-hybridized carbons (Fsp3) is 0.647. The number of nitrogens with one attached hydrogen (secondary N) is 1. The molecule has 1 heterocycles. The summed E-state index contributed by atoms with van der Waals surface area (Å²) in [5, 5.41) is 2.12. The maximum Gasteiger partial charge on any atom is 0.183 e.